The van der Waals surface area contributed by atoms with E-state index in [0.717, 1.165) is 23.3 Å². The van der Waals surface area contributed by atoms with E-state index in [4.69, 9.17) is 10.5 Å². The first-order chi connectivity index (χ1) is 7.67. The Labute approximate surface area is 96.6 Å². The van der Waals surface area contributed by atoms with E-state index in [2.05, 4.69) is 0 Å². The lowest BCUT2D eigenvalue weighted by atomic mass is 10.0. The van der Waals surface area contributed by atoms with Crippen LogP contribution in [0.1, 0.15) is 24.0 Å². The number of hydrogen-bond acceptors (Lipinski definition) is 3. The Morgan fingerprint density at radius 3 is 2.81 bits per heavy atom. The third-order valence-electron chi connectivity index (χ3n) is 2.49. The second-order valence-electron chi connectivity index (χ2n) is 3.92. The van der Waals surface area contributed by atoms with Crippen LogP contribution in [0.4, 0.5) is 0 Å². The number of benzene rings is 1. The highest BCUT2D eigenvalue weighted by Crippen LogP contribution is 2.20. The van der Waals surface area contributed by atoms with E-state index in [1.54, 1.807) is 7.11 Å². The molecule has 88 valence electrons. The summed E-state index contributed by atoms with van der Waals surface area (Å²) in [6.07, 6.45) is 1.74. The normalized spacial score (nSPS) is 10.2. The number of aryl methyl sites for hydroxylation is 1. The lowest BCUT2D eigenvalue weighted by Gasteiger charge is -2.08. The summed E-state index contributed by atoms with van der Waals surface area (Å²) in [4.78, 5) is 11.6. The van der Waals surface area contributed by atoms with Crippen LogP contribution in [-0.2, 0) is 11.2 Å². The molecule has 0 saturated carbocycles. The molecule has 1 rings (SSSR count). The van der Waals surface area contributed by atoms with Crippen molar-refractivity contribution < 1.29 is 9.53 Å². The minimum atomic E-state index is 0.215. The average molecular weight is 221 g/mol. The fraction of sp³-hybridized carbons (Fsp3) is 0.462. The van der Waals surface area contributed by atoms with Gasteiger partial charge in [-0.2, -0.15) is 0 Å². The van der Waals surface area contributed by atoms with E-state index in [-0.39, 0.29) is 5.78 Å². The maximum absolute atomic E-state index is 11.6. The topological polar surface area (TPSA) is 52.3 Å². The van der Waals surface area contributed by atoms with Gasteiger partial charge in [0.1, 0.15) is 11.5 Å². The van der Waals surface area contributed by atoms with Crippen molar-refractivity contribution in [3.05, 3.63) is 29.3 Å². The first-order valence-electron chi connectivity index (χ1n) is 5.52. The van der Waals surface area contributed by atoms with E-state index in [1.165, 1.54) is 0 Å². The summed E-state index contributed by atoms with van der Waals surface area (Å²) in [5, 5.41) is 0. The molecule has 16 heavy (non-hydrogen) atoms. The van der Waals surface area contributed by atoms with Crippen LogP contribution < -0.4 is 10.5 Å². The summed E-state index contributed by atoms with van der Waals surface area (Å²) in [7, 11) is 1.63. The lowest BCUT2D eigenvalue weighted by Crippen LogP contribution is -2.07. The van der Waals surface area contributed by atoms with Gasteiger partial charge in [-0.15, -0.1) is 0 Å². The Morgan fingerprint density at radius 2 is 2.19 bits per heavy atom. The van der Waals surface area contributed by atoms with Crippen LogP contribution in [-0.4, -0.2) is 19.4 Å². The summed E-state index contributed by atoms with van der Waals surface area (Å²) < 4.78 is 5.25. The smallest absolute Gasteiger partial charge is 0.137 e. The van der Waals surface area contributed by atoms with Gasteiger partial charge >= 0.3 is 0 Å². The summed E-state index contributed by atoms with van der Waals surface area (Å²) in [5.41, 5.74) is 7.46. The standard InChI is InChI=1S/C13H19NO2/c1-10-5-6-11(13(8-10)16-2)9-12(15)4-3-7-14/h5-6,8H,3-4,7,9,14H2,1-2H3. The van der Waals surface area contributed by atoms with Crippen molar-refractivity contribution in [3.8, 4) is 5.75 Å². The van der Waals surface area contributed by atoms with Gasteiger partial charge in [-0.1, -0.05) is 12.1 Å². The molecular formula is C13H19NO2. The predicted octanol–water partition coefficient (Wildman–Crippen LogP) is 1.85. The van der Waals surface area contributed by atoms with E-state index >= 15 is 0 Å². The third kappa shape index (κ3) is 3.66. The molecule has 1 aromatic rings. The Morgan fingerprint density at radius 1 is 1.44 bits per heavy atom. The molecule has 0 aliphatic heterocycles. The number of ether oxygens (including phenoxy) is 1. The molecule has 0 saturated heterocycles. The third-order valence-corrected chi connectivity index (χ3v) is 2.49. The van der Waals surface area contributed by atoms with Gasteiger partial charge in [-0.3, -0.25) is 4.79 Å². The molecule has 0 bridgehead atoms. The minimum absolute atomic E-state index is 0.215. The first kappa shape index (κ1) is 12.7. The molecule has 0 aliphatic carbocycles. The highest BCUT2D eigenvalue weighted by Gasteiger charge is 2.08. The zero-order valence-electron chi connectivity index (χ0n) is 9.95. The van der Waals surface area contributed by atoms with Crippen molar-refractivity contribution in [1.29, 1.82) is 0 Å². The van der Waals surface area contributed by atoms with Gasteiger partial charge in [0.15, 0.2) is 0 Å². The summed E-state index contributed by atoms with van der Waals surface area (Å²) in [5.74, 6) is 1.01. The number of rotatable bonds is 6. The highest BCUT2D eigenvalue weighted by atomic mass is 16.5. The van der Waals surface area contributed by atoms with Gasteiger partial charge < -0.3 is 10.5 Å². The SMILES string of the molecule is COc1cc(C)ccc1CC(=O)CCCN. The van der Waals surface area contributed by atoms with Crippen molar-refractivity contribution in [2.24, 2.45) is 5.73 Å². The molecule has 0 spiro atoms. The number of ketones is 1. The molecule has 0 unspecified atom stereocenters. The van der Waals surface area contributed by atoms with Gasteiger partial charge in [0.25, 0.3) is 0 Å². The van der Waals surface area contributed by atoms with Crippen molar-refractivity contribution >= 4 is 5.78 Å². The molecule has 0 fully saturated rings. The molecule has 2 N–H and O–H groups in total. The lowest BCUT2D eigenvalue weighted by molar-refractivity contribution is -0.118. The van der Waals surface area contributed by atoms with E-state index < -0.39 is 0 Å². The Bertz CT molecular complexity index is 361. The van der Waals surface area contributed by atoms with Crippen LogP contribution in [0.15, 0.2) is 18.2 Å². The van der Waals surface area contributed by atoms with Crippen LogP contribution in [0.5, 0.6) is 5.75 Å². The summed E-state index contributed by atoms with van der Waals surface area (Å²) in [6.45, 7) is 2.57. The fourth-order valence-corrected chi connectivity index (χ4v) is 1.60. The minimum Gasteiger partial charge on any atom is -0.496 e. The monoisotopic (exact) mass is 221 g/mol. The van der Waals surface area contributed by atoms with Gasteiger partial charge in [0.05, 0.1) is 7.11 Å². The average Bonchev–Trinajstić information content (AvgIpc) is 2.28. The number of carbonyl (C=O) groups is 1. The van der Waals surface area contributed by atoms with E-state index in [0.29, 0.717) is 19.4 Å². The molecule has 0 heterocycles. The maximum atomic E-state index is 11.6. The van der Waals surface area contributed by atoms with Gasteiger partial charge in [-0.25, -0.2) is 0 Å². The van der Waals surface area contributed by atoms with Crippen LogP contribution >= 0.6 is 0 Å². The number of nitrogens with two attached hydrogens (primary N) is 1. The molecule has 0 amide bonds. The molecule has 0 aliphatic rings. The number of hydrogen-bond donors (Lipinski definition) is 1. The van der Waals surface area contributed by atoms with Crippen molar-refractivity contribution in [1.82, 2.24) is 0 Å². The summed E-state index contributed by atoms with van der Waals surface area (Å²) in [6, 6.07) is 5.90. The zero-order chi connectivity index (χ0) is 12.0. The van der Waals surface area contributed by atoms with Crippen LogP contribution in [0, 0.1) is 6.92 Å². The van der Waals surface area contributed by atoms with Crippen LogP contribution in [0.2, 0.25) is 0 Å². The number of carbonyl (C=O) groups excluding carboxylic acids is 1. The predicted molar refractivity (Wildman–Crippen MR) is 64.7 cm³/mol. The largest absolute Gasteiger partial charge is 0.496 e. The molecule has 3 heteroatoms. The molecule has 0 atom stereocenters. The van der Waals surface area contributed by atoms with Crippen molar-refractivity contribution in [3.63, 3.8) is 0 Å². The van der Waals surface area contributed by atoms with Crippen LogP contribution in [0.3, 0.4) is 0 Å². The van der Waals surface area contributed by atoms with Crippen molar-refractivity contribution in [2.75, 3.05) is 13.7 Å². The van der Waals surface area contributed by atoms with E-state index in [1.807, 2.05) is 25.1 Å². The molecule has 1 aromatic carbocycles. The second-order valence-corrected chi connectivity index (χ2v) is 3.92. The Balaban J connectivity index is 2.69. The Hall–Kier alpha value is -1.35. The Kier molecular flexibility index (Phi) is 4.99. The van der Waals surface area contributed by atoms with Gasteiger partial charge in [-0.05, 0) is 31.5 Å². The quantitative estimate of drug-likeness (QED) is 0.797. The number of Topliss-reactive ketones (excluding diaryl/α,β-unsaturated/α-hetero) is 1. The van der Waals surface area contributed by atoms with E-state index in [9.17, 15) is 4.79 Å². The maximum Gasteiger partial charge on any atom is 0.137 e. The molecule has 0 aromatic heterocycles. The highest BCUT2D eigenvalue weighted by molar-refractivity contribution is 5.81. The zero-order valence-corrected chi connectivity index (χ0v) is 9.95. The second kappa shape index (κ2) is 6.28. The molecule has 0 radical (unpaired) electrons. The van der Waals surface area contributed by atoms with Gasteiger partial charge in [0, 0.05) is 18.4 Å². The first-order valence-corrected chi connectivity index (χ1v) is 5.52. The van der Waals surface area contributed by atoms with Crippen molar-refractivity contribution in [2.45, 2.75) is 26.2 Å². The molecule has 3 nitrogen and oxygen atoms in total. The summed E-state index contributed by atoms with van der Waals surface area (Å²) >= 11 is 0. The van der Waals surface area contributed by atoms with Crippen LogP contribution in [0.25, 0.3) is 0 Å². The molecular weight excluding hydrogens is 202 g/mol. The van der Waals surface area contributed by atoms with Gasteiger partial charge in [0.2, 0.25) is 0 Å². The fourth-order valence-electron chi connectivity index (χ4n) is 1.60. The number of methoxy groups -OCH3 is 1.